The highest BCUT2D eigenvalue weighted by atomic mass is 16.2. The van der Waals surface area contributed by atoms with Gasteiger partial charge in [-0.25, -0.2) is 4.79 Å². The minimum atomic E-state index is -0.178. The molecule has 2 unspecified atom stereocenters. The highest BCUT2D eigenvalue weighted by molar-refractivity contribution is 5.79. The van der Waals surface area contributed by atoms with Gasteiger partial charge < -0.3 is 20.4 Å². The molecule has 136 valence electrons. The summed E-state index contributed by atoms with van der Waals surface area (Å²) in [5, 5.41) is 5.81. The SMILES string of the molecule is CC(=O)N1CCN(C(=O)CCNC(=O)NC2CCCCC2C)CC1. The van der Waals surface area contributed by atoms with Crippen LogP contribution in [0.2, 0.25) is 0 Å². The van der Waals surface area contributed by atoms with E-state index in [1.807, 2.05) is 0 Å². The van der Waals surface area contributed by atoms with E-state index < -0.39 is 0 Å². The van der Waals surface area contributed by atoms with Gasteiger partial charge in [0.25, 0.3) is 0 Å². The normalized spacial score (nSPS) is 24.4. The first kappa shape index (κ1) is 18.5. The van der Waals surface area contributed by atoms with Gasteiger partial charge in [0.1, 0.15) is 0 Å². The summed E-state index contributed by atoms with van der Waals surface area (Å²) in [6.07, 6.45) is 4.91. The van der Waals surface area contributed by atoms with Gasteiger partial charge in [0.05, 0.1) is 0 Å². The van der Waals surface area contributed by atoms with E-state index in [0.717, 1.165) is 12.8 Å². The zero-order chi connectivity index (χ0) is 17.5. The molecular formula is C17H30N4O3. The molecule has 0 aromatic carbocycles. The maximum atomic E-state index is 12.1. The van der Waals surface area contributed by atoms with Crippen molar-refractivity contribution < 1.29 is 14.4 Å². The molecule has 2 aliphatic rings. The van der Waals surface area contributed by atoms with Crippen LogP contribution in [-0.4, -0.2) is 66.4 Å². The smallest absolute Gasteiger partial charge is 0.315 e. The average molecular weight is 338 g/mol. The average Bonchev–Trinajstić information content (AvgIpc) is 2.57. The van der Waals surface area contributed by atoms with Crippen LogP contribution < -0.4 is 10.6 Å². The number of hydrogen-bond donors (Lipinski definition) is 2. The largest absolute Gasteiger partial charge is 0.339 e. The van der Waals surface area contributed by atoms with Gasteiger partial charge in [-0.15, -0.1) is 0 Å². The molecule has 2 N–H and O–H groups in total. The second-order valence-corrected chi connectivity index (χ2v) is 6.91. The van der Waals surface area contributed by atoms with Crippen LogP contribution in [0, 0.1) is 5.92 Å². The lowest BCUT2D eigenvalue weighted by atomic mass is 9.86. The fourth-order valence-electron chi connectivity index (χ4n) is 3.46. The van der Waals surface area contributed by atoms with Gasteiger partial charge >= 0.3 is 6.03 Å². The summed E-state index contributed by atoms with van der Waals surface area (Å²) in [5.74, 6) is 0.602. The van der Waals surface area contributed by atoms with E-state index in [9.17, 15) is 14.4 Å². The quantitative estimate of drug-likeness (QED) is 0.800. The van der Waals surface area contributed by atoms with Crippen LogP contribution in [-0.2, 0) is 9.59 Å². The number of rotatable bonds is 4. The molecule has 2 rings (SSSR count). The summed E-state index contributed by atoms with van der Waals surface area (Å²) in [5.41, 5.74) is 0. The van der Waals surface area contributed by atoms with Gasteiger partial charge in [-0.05, 0) is 18.8 Å². The molecule has 0 bridgehead atoms. The monoisotopic (exact) mass is 338 g/mol. The highest BCUT2D eigenvalue weighted by Gasteiger charge is 2.24. The molecular weight excluding hydrogens is 308 g/mol. The number of nitrogens with zero attached hydrogens (tertiary/aromatic N) is 2. The minimum absolute atomic E-state index is 0.0320. The summed E-state index contributed by atoms with van der Waals surface area (Å²) in [6, 6.07) is 0.0667. The molecule has 0 aromatic heterocycles. The Balaban J connectivity index is 1.62. The molecule has 1 aliphatic carbocycles. The van der Waals surface area contributed by atoms with E-state index >= 15 is 0 Å². The van der Waals surface area contributed by atoms with Crippen LogP contribution in [0.15, 0.2) is 0 Å². The first-order valence-corrected chi connectivity index (χ1v) is 9.05. The number of nitrogens with one attached hydrogen (secondary N) is 2. The van der Waals surface area contributed by atoms with Crippen molar-refractivity contribution in [2.75, 3.05) is 32.7 Å². The lowest BCUT2D eigenvalue weighted by molar-refractivity contribution is -0.138. The number of amides is 4. The maximum Gasteiger partial charge on any atom is 0.315 e. The predicted octanol–water partition coefficient (Wildman–Crippen LogP) is 0.945. The Kier molecular flexibility index (Phi) is 6.87. The third-order valence-corrected chi connectivity index (χ3v) is 5.13. The van der Waals surface area contributed by atoms with E-state index in [-0.39, 0.29) is 23.9 Å². The van der Waals surface area contributed by atoms with E-state index in [1.54, 1.807) is 16.7 Å². The Morgan fingerprint density at radius 3 is 2.25 bits per heavy atom. The molecule has 7 heteroatoms. The van der Waals surface area contributed by atoms with Crippen molar-refractivity contribution in [1.29, 1.82) is 0 Å². The first-order chi connectivity index (χ1) is 11.5. The highest BCUT2D eigenvalue weighted by Crippen LogP contribution is 2.23. The molecule has 7 nitrogen and oxygen atoms in total. The van der Waals surface area contributed by atoms with E-state index in [1.165, 1.54) is 12.8 Å². The topological polar surface area (TPSA) is 81.8 Å². The van der Waals surface area contributed by atoms with Crippen molar-refractivity contribution in [3.8, 4) is 0 Å². The van der Waals surface area contributed by atoms with Crippen LogP contribution in [0.5, 0.6) is 0 Å². The lowest BCUT2D eigenvalue weighted by Gasteiger charge is -2.34. The summed E-state index contributed by atoms with van der Waals surface area (Å²) in [7, 11) is 0. The van der Waals surface area contributed by atoms with E-state index in [4.69, 9.17) is 0 Å². The molecule has 1 saturated carbocycles. The standard InChI is InChI=1S/C17H30N4O3/c1-13-5-3-4-6-15(13)19-17(24)18-8-7-16(23)21-11-9-20(10-12-21)14(2)22/h13,15H,3-12H2,1-2H3,(H2,18,19,24). The van der Waals surface area contributed by atoms with Crippen molar-refractivity contribution >= 4 is 17.8 Å². The van der Waals surface area contributed by atoms with Gasteiger partial charge in [-0.2, -0.15) is 0 Å². The third kappa shape index (κ3) is 5.39. The Morgan fingerprint density at radius 1 is 1.00 bits per heavy atom. The van der Waals surface area contributed by atoms with Crippen molar-refractivity contribution in [2.45, 2.75) is 52.0 Å². The van der Waals surface area contributed by atoms with Gasteiger partial charge in [-0.1, -0.05) is 19.8 Å². The third-order valence-electron chi connectivity index (χ3n) is 5.13. The molecule has 24 heavy (non-hydrogen) atoms. The Labute approximate surface area is 144 Å². The van der Waals surface area contributed by atoms with E-state index in [2.05, 4.69) is 17.6 Å². The predicted molar refractivity (Wildman–Crippen MR) is 91.4 cm³/mol. The van der Waals surface area contributed by atoms with Crippen LogP contribution in [0.1, 0.15) is 46.0 Å². The molecule has 1 aliphatic heterocycles. The van der Waals surface area contributed by atoms with Gasteiger partial charge in [-0.3, -0.25) is 9.59 Å². The second-order valence-electron chi connectivity index (χ2n) is 6.91. The maximum absolute atomic E-state index is 12.1. The van der Waals surface area contributed by atoms with Crippen LogP contribution in [0.3, 0.4) is 0 Å². The molecule has 0 aromatic rings. The zero-order valence-corrected chi connectivity index (χ0v) is 14.8. The molecule has 2 fully saturated rings. The Morgan fingerprint density at radius 2 is 1.62 bits per heavy atom. The van der Waals surface area contributed by atoms with Crippen molar-refractivity contribution in [3.63, 3.8) is 0 Å². The van der Waals surface area contributed by atoms with Crippen molar-refractivity contribution in [2.24, 2.45) is 5.92 Å². The van der Waals surface area contributed by atoms with Gasteiger partial charge in [0.15, 0.2) is 0 Å². The molecule has 1 heterocycles. The molecule has 2 atom stereocenters. The Bertz CT molecular complexity index is 461. The van der Waals surface area contributed by atoms with Crippen LogP contribution in [0.4, 0.5) is 4.79 Å². The first-order valence-electron chi connectivity index (χ1n) is 9.05. The summed E-state index contributed by atoms with van der Waals surface area (Å²) >= 11 is 0. The number of urea groups is 1. The minimum Gasteiger partial charge on any atom is -0.339 e. The summed E-state index contributed by atoms with van der Waals surface area (Å²) in [4.78, 5) is 38.9. The summed E-state index contributed by atoms with van der Waals surface area (Å²) < 4.78 is 0. The van der Waals surface area contributed by atoms with Crippen molar-refractivity contribution in [1.82, 2.24) is 20.4 Å². The molecule has 0 radical (unpaired) electrons. The molecule has 0 spiro atoms. The number of hydrogen-bond acceptors (Lipinski definition) is 3. The van der Waals surface area contributed by atoms with Gasteiger partial charge in [0, 0.05) is 52.1 Å². The number of carbonyl (C=O) groups excluding carboxylic acids is 3. The molecule has 4 amide bonds. The van der Waals surface area contributed by atoms with Crippen LogP contribution in [0.25, 0.3) is 0 Å². The fraction of sp³-hybridized carbons (Fsp3) is 0.824. The number of piperazine rings is 1. The van der Waals surface area contributed by atoms with Crippen LogP contribution >= 0.6 is 0 Å². The fourth-order valence-corrected chi connectivity index (χ4v) is 3.46. The van der Waals surface area contributed by atoms with Crippen molar-refractivity contribution in [3.05, 3.63) is 0 Å². The second kappa shape index (κ2) is 8.89. The lowest BCUT2D eigenvalue weighted by Crippen LogP contribution is -2.51. The number of carbonyl (C=O) groups is 3. The molecule has 1 saturated heterocycles. The Hall–Kier alpha value is -1.79. The summed E-state index contributed by atoms with van der Waals surface area (Å²) in [6.45, 7) is 6.40. The zero-order valence-electron chi connectivity index (χ0n) is 14.8. The van der Waals surface area contributed by atoms with Gasteiger partial charge in [0.2, 0.25) is 11.8 Å². The van der Waals surface area contributed by atoms with E-state index in [0.29, 0.717) is 45.1 Å².